The molecule has 2 rings (SSSR count). The fraction of sp³-hybridized carbons (Fsp3) is 0.909. The normalized spacial score (nSPS) is 17.3. The van der Waals surface area contributed by atoms with E-state index in [0.29, 0.717) is 12.6 Å². The van der Waals surface area contributed by atoms with Crippen molar-refractivity contribution < 1.29 is 0 Å². The maximum Gasteiger partial charge on any atom is 0.245 e. The predicted molar refractivity (Wildman–Crippen MR) is 66.7 cm³/mol. The summed E-state index contributed by atoms with van der Waals surface area (Å²) < 4.78 is 1.76. The molecule has 0 bridgehead atoms. The van der Waals surface area contributed by atoms with Crippen LogP contribution in [0.2, 0.25) is 0 Å². The average molecular weight is 238 g/mol. The number of hydrogen-bond donors (Lipinski definition) is 1. The van der Waals surface area contributed by atoms with Gasteiger partial charge in [-0.1, -0.05) is 24.4 Å². The lowest BCUT2D eigenvalue weighted by molar-refractivity contribution is 0.406. The minimum Gasteiger partial charge on any atom is -0.337 e. The number of hydrogen-bond acceptors (Lipinski definition) is 5. The van der Waals surface area contributed by atoms with Gasteiger partial charge in [0.1, 0.15) is 0 Å². The van der Waals surface area contributed by atoms with E-state index in [9.17, 15) is 0 Å². The average Bonchev–Trinajstić information content (AvgIpc) is 2.78. The van der Waals surface area contributed by atoms with E-state index in [4.69, 9.17) is 5.73 Å². The Morgan fingerprint density at radius 3 is 2.71 bits per heavy atom. The number of aryl methyl sites for hydroxylation is 1. The molecule has 96 valence electrons. The third-order valence-electron chi connectivity index (χ3n) is 3.47. The Labute approximate surface area is 102 Å². The molecule has 1 fully saturated rings. The lowest BCUT2D eigenvalue weighted by Gasteiger charge is -2.34. The maximum atomic E-state index is 5.61. The van der Waals surface area contributed by atoms with Crippen molar-refractivity contribution in [1.82, 2.24) is 20.2 Å². The fourth-order valence-electron chi connectivity index (χ4n) is 2.57. The zero-order valence-electron chi connectivity index (χ0n) is 10.5. The number of anilines is 1. The fourth-order valence-corrected chi connectivity index (χ4v) is 2.57. The molecular formula is C11H22N6. The van der Waals surface area contributed by atoms with Crippen molar-refractivity contribution in [3.63, 3.8) is 0 Å². The third kappa shape index (κ3) is 2.94. The molecule has 0 amide bonds. The summed E-state index contributed by atoms with van der Waals surface area (Å²) in [6.45, 7) is 1.67. The van der Waals surface area contributed by atoms with Crippen LogP contribution in [-0.2, 0) is 7.05 Å². The zero-order valence-corrected chi connectivity index (χ0v) is 10.5. The molecule has 1 saturated carbocycles. The van der Waals surface area contributed by atoms with Crippen molar-refractivity contribution >= 4 is 5.95 Å². The lowest BCUT2D eigenvalue weighted by Crippen LogP contribution is -2.40. The summed E-state index contributed by atoms with van der Waals surface area (Å²) in [6.07, 6.45) is 7.47. The van der Waals surface area contributed by atoms with E-state index in [0.717, 1.165) is 18.9 Å². The van der Waals surface area contributed by atoms with E-state index in [2.05, 4.69) is 20.4 Å². The lowest BCUT2D eigenvalue weighted by atomic mass is 9.94. The van der Waals surface area contributed by atoms with Crippen molar-refractivity contribution in [3.8, 4) is 0 Å². The van der Waals surface area contributed by atoms with Gasteiger partial charge in [-0.2, -0.15) is 0 Å². The summed E-state index contributed by atoms with van der Waals surface area (Å²) in [7, 11) is 1.90. The number of nitrogens with two attached hydrogens (primary N) is 1. The molecule has 0 unspecified atom stereocenters. The smallest absolute Gasteiger partial charge is 0.245 e. The monoisotopic (exact) mass is 238 g/mol. The summed E-state index contributed by atoms with van der Waals surface area (Å²) in [5.74, 6) is 0.880. The van der Waals surface area contributed by atoms with Crippen molar-refractivity contribution in [2.75, 3.05) is 18.0 Å². The highest BCUT2D eigenvalue weighted by atomic mass is 15.6. The topological polar surface area (TPSA) is 72.9 Å². The van der Waals surface area contributed by atoms with E-state index < -0.39 is 0 Å². The van der Waals surface area contributed by atoms with Crippen LogP contribution in [0.3, 0.4) is 0 Å². The van der Waals surface area contributed by atoms with Crippen LogP contribution in [0.25, 0.3) is 0 Å². The quantitative estimate of drug-likeness (QED) is 0.817. The Balaban J connectivity index is 2.09. The molecule has 17 heavy (non-hydrogen) atoms. The van der Waals surface area contributed by atoms with E-state index in [-0.39, 0.29) is 0 Å². The van der Waals surface area contributed by atoms with E-state index in [1.165, 1.54) is 32.1 Å². The second kappa shape index (κ2) is 5.95. The van der Waals surface area contributed by atoms with Gasteiger partial charge < -0.3 is 10.6 Å². The molecule has 0 aromatic carbocycles. The van der Waals surface area contributed by atoms with Gasteiger partial charge in [-0.05, 0) is 36.2 Å². The van der Waals surface area contributed by atoms with Gasteiger partial charge >= 0.3 is 0 Å². The first kappa shape index (κ1) is 12.3. The maximum absolute atomic E-state index is 5.61. The Hall–Kier alpha value is -1.17. The van der Waals surface area contributed by atoms with Gasteiger partial charge in [-0.15, -0.1) is 0 Å². The van der Waals surface area contributed by atoms with E-state index in [1.54, 1.807) is 4.68 Å². The molecule has 2 N–H and O–H groups in total. The Bertz CT molecular complexity index is 330. The molecule has 6 heteroatoms. The minimum absolute atomic E-state index is 0.583. The molecule has 0 aliphatic heterocycles. The first-order valence-corrected chi connectivity index (χ1v) is 6.52. The van der Waals surface area contributed by atoms with Crippen molar-refractivity contribution in [2.45, 2.75) is 44.6 Å². The first-order chi connectivity index (χ1) is 8.33. The highest BCUT2D eigenvalue weighted by Gasteiger charge is 2.24. The second-order valence-electron chi connectivity index (χ2n) is 4.73. The van der Waals surface area contributed by atoms with Crippen LogP contribution in [0.4, 0.5) is 5.95 Å². The second-order valence-corrected chi connectivity index (χ2v) is 4.73. The van der Waals surface area contributed by atoms with Gasteiger partial charge in [0.05, 0.1) is 0 Å². The molecule has 0 spiro atoms. The number of aromatic nitrogens is 4. The number of rotatable bonds is 5. The van der Waals surface area contributed by atoms with Crippen molar-refractivity contribution in [1.29, 1.82) is 0 Å². The van der Waals surface area contributed by atoms with Gasteiger partial charge in [0.15, 0.2) is 0 Å². The van der Waals surface area contributed by atoms with Gasteiger partial charge in [-0.25, -0.2) is 4.68 Å². The van der Waals surface area contributed by atoms with Crippen LogP contribution in [0.1, 0.15) is 38.5 Å². The molecule has 6 nitrogen and oxygen atoms in total. The van der Waals surface area contributed by atoms with Crippen molar-refractivity contribution in [2.24, 2.45) is 12.8 Å². The third-order valence-corrected chi connectivity index (χ3v) is 3.47. The highest BCUT2D eigenvalue weighted by Crippen LogP contribution is 2.25. The standard InChI is InChI=1S/C11H22N6/c1-16-11(13-14-15-16)17(9-5-8-12)10-6-3-2-4-7-10/h10H,2-9,12H2,1H3. The Kier molecular flexibility index (Phi) is 4.30. The number of tetrazole rings is 1. The molecule has 1 aromatic rings. The summed E-state index contributed by atoms with van der Waals surface area (Å²) >= 11 is 0. The predicted octanol–water partition coefficient (Wildman–Crippen LogP) is 0.698. The van der Waals surface area contributed by atoms with Crippen LogP contribution in [0.5, 0.6) is 0 Å². The largest absolute Gasteiger partial charge is 0.337 e. The summed E-state index contributed by atoms with van der Waals surface area (Å²) in [5.41, 5.74) is 5.61. The minimum atomic E-state index is 0.583. The Morgan fingerprint density at radius 1 is 1.35 bits per heavy atom. The Morgan fingerprint density at radius 2 is 2.12 bits per heavy atom. The molecule has 0 atom stereocenters. The molecule has 1 heterocycles. The van der Waals surface area contributed by atoms with Crippen LogP contribution in [0.15, 0.2) is 0 Å². The summed E-state index contributed by atoms with van der Waals surface area (Å²) in [4.78, 5) is 2.34. The van der Waals surface area contributed by atoms with Gasteiger partial charge in [0.25, 0.3) is 0 Å². The van der Waals surface area contributed by atoms with Crippen LogP contribution in [-0.4, -0.2) is 39.3 Å². The zero-order chi connectivity index (χ0) is 12.1. The molecule has 0 saturated heterocycles. The van der Waals surface area contributed by atoms with Crippen LogP contribution < -0.4 is 10.6 Å². The van der Waals surface area contributed by atoms with E-state index >= 15 is 0 Å². The van der Waals surface area contributed by atoms with Gasteiger partial charge in [0.2, 0.25) is 5.95 Å². The highest BCUT2D eigenvalue weighted by molar-refractivity contribution is 5.30. The molecule has 1 aromatic heterocycles. The molecule has 1 aliphatic rings. The van der Waals surface area contributed by atoms with Crippen LogP contribution in [0, 0.1) is 0 Å². The molecule has 0 radical (unpaired) electrons. The van der Waals surface area contributed by atoms with Crippen molar-refractivity contribution in [3.05, 3.63) is 0 Å². The SMILES string of the molecule is Cn1nnnc1N(CCCN)C1CCCCC1. The van der Waals surface area contributed by atoms with Crippen LogP contribution >= 0.6 is 0 Å². The summed E-state index contributed by atoms with van der Waals surface area (Å²) in [5, 5.41) is 11.8. The summed E-state index contributed by atoms with van der Waals surface area (Å²) in [6, 6.07) is 0.583. The molecule has 1 aliphatic carbocycles. The van der Waals surface area contributed by atoms with E-state index in [1.807, 2.05) is 7.05 Å². The molecular weight excluding hydrogens is 216 g/mol. The number of nitrogens with zero attached hydrogens (tertiary/aromatic N) is 5. The van der Waals surface area contributed by atoms with Gasteiger partial charge in [0, 0.05) is 19.6 Å². The first-order valence-electron chi connectivity index (χ1n) is 6.52. The van der Waals surface area contributed by atoms with Gasteiger partial charge in [-0.3, -0.25) is 0 Å².